The van der Waals surface area contributed by atoms with Gasteiger partial charge in [-0.2, -0.15) is 0 Å². The Hall–Kier alpha value is 0.0700. The molecule has 0 aliphatic carbocycles. The molecule has 0 spiro atoms. The fourth-order valence-electron chi connectivity index (χ4n) is 1.99. The summed E-state index contributed by atoms with van der Waals surface area (Å²) in [7, 11) is 0. The van der Waals surface area contributed by atoms with Gasteiger partial charge in [-0.25, -0.2) is 0 Å². The number of thioether (sulfide) groups is 1. The summed E-state index contributed by atoms with van der Waals surface area (Å²) >= 11 is 13.9. The molecule has 0 aromatic heterocycles. The lowest BCUT2D eigenvalue weighted by Crippen LogP contribution is -2.43. The summed E-state index contributed by atoms with van der Waals surface area (Å²) in [4.78, 5) is 3.60. The third-order valence-electron chi connectivity index (χ3n) is 2.98. The molecule has 0 atom stereocenters. The SMILES string of the molecule is Clc1ccc(Cl)c(SCCCN2CCNCC2)c1. The lowest BCUT2D eigenvalue weighted by molar-refractivity contribution is 0.242. The van der Waals surface area contributed by atoms with Crippen molar-refractivity contribution in [1.29, 1.82) is 0 Å². The molecule has 1 saturated heterocycles. The van der Waals surface area contributed by atoms with E-state index < -0.39 is 0 Å². The van der Waals surface area contributed by atoms with E-state index in [0.717, 1.165) is 33.8 Å². The first-order valence-electron chi connectivity index (χ1n) is 6.26. The Balaban J connectivity index is 1.69. The Bertz CT molecular complexity index is 381. The Kier molecular flexibility index (Phi) is 6.12. The molecule has 1 aliphatic rings. The van der Waals surface area contributed by atoms with Gasteiger partial charge in [0.15, 0.2) is 0 Å². The smallest absolute Gasteiger partial charge is 0.0542 e. The minimum absolute atomic E-state index is 0.754. The van der Waals surface area contributed by atoms with Crippen molar-refractivity contribution in [3.05, 3.63) is 28.2 Å². The number of nitrogens with zero attached hydrogens (tertiary/aromatic N) is 1. The first-order valence-corrected chi connectivity index (χ1v) is 8.01. The van der Waals surface area contributed by atoms with E-state index in [0.29, 0.717) is 0 Å². The predicted molar refractivity (Wildman–Crippen MR) is 81.1 cm³/mol. The zero-order valence-corrected chi connectivity index (χ0v) is 12.6. The highest BCUT2D eigenvalue weighted by molar-refractivity contribution is 7.99. The number of piperazine rings is 1. The van der Waals surface area contributed by atoms with Crippen LogP contribution < -0.4 is 5.32 Å². The van der Waals surface area contributed by atoms with E-state index in [4.69, 9.17) is 23.2 Å². The van der Waals surface area contributed by atoms with Gasteiger partial charge in [0, 0.05) is 36.1 Å². The van der Waals surface area contributed by atoms with Crippen LogP contribution in [0.2, 0.25) is 10.0 Å². The highest BCUT2D eigenvalue weighted by atomic mass is 35.5. The summed E-state index contributed by atoms with van der Waals surface area (Å²) in [5, 5.41) is 4.92. The molecular formula is C13H18Cl2N2S. The highest BCUT2D eigenvalue weighted by Crippen LogP contribution is 2.30. The van der Waals surface area contributed by atoms with Crippen LogP contribution in [0.1, 0.15) is 6.42 Å². The standard InChI is InChI=1S/C13H18Cl2N2S/c14-11-2-3-12(15)13(10-11)18-9-1-6-17-7-4-16-5-8-17/h2-3,10,16H,1,4-9H2. The highest BCUT2D eigenvalue weighted by Gasteiger charge is 2.08. The lowest BCUT2D eigenvalue weighted by atomic mass is 10.3. The minimum Gasteiger partial charge on any atom is -0.314 e. The van der Waals surface area contributed by atoms with Crippen LogP contribution in [-0.4, -0.2) is 43.4 Å². The van der Waals surface area contributed by atoms with Gasteiger partial charge in [-0.05, 0) is 36.9 Å². The maximum atomic E-state index is 6.13. The van der Waals surface area contributed by atoms with Gasteiger partial charge in [0.1, 0.15) is 0 Å². The topological polar surface area (TPSA) is 15.3 Å². The first kappa shape index (κ1) is 14.5. The molecule has 1 aromatic rings. The fraction of sp³-hybridized carbons (Fsp3) is 0.538. The Morgan fingerprint density at radius 3 is 2.78 bits per heavy atom. The number of benzene rings is 1. The van der Waals surface area contributed by atoms with Crippen molar-refractivity contribution in [3.63, 3.8) is 0 Å². The lowest BCUT2D eigenvalue weighted by Gasteiger charge is -2.26. The number of hydrogen-bond donors (Lipinski definition) is 1. The zero-order valence-electron chi connectivity index (χ0n) is 10.3. The van der Waals surface area contributed by atoms with Gasteiger partial charge in [0.2, 0.25) is 0 Å². The van der Waals surface area contributed by atoms with E-state index in [1.54, 1.807) is 11.8 Å². The zero-order chi connectivity index (χ0) is 12.8. The molecular weight excluding hydrogens is 287 g/mol. The van der Waals surface area contributed by atoms with Gasteiger partial charge in [-0.1, -0.05) is 23.2 Å². The molecule has 0 radical (unpaired) electrons. The summed E-state index contributed by atoms with van der Waals surface area (Å²) in [6.45, 7) is 5.75. The quantitative estimate of drug-likeness (QED) is 0.663. The van der Waals surface area contributed by atoms with Crippen LogP contribution in [0.25, 0.3) is 0 Å². The molecule has 1 fully saturated rings. The molecule has 0 amide bonds. The normalized spacial score (nSPS) is 17.0. The Labute approximate surface area is 123 Å². The van der Waals surface area contributed by atoms with Gasteiger partial charge in [-0.15, -0.1) is 11.8 Å². The van der Waals surface area contributed by atoms with Crippen LogP contribution >= 0.6 is 35.0 Å². The van der Waals surface area contributed by atoms with Crippen molar-refractivity contribution in [2.75, 3.05) is 38.5 Å². The number of hydrogen-bond acceptors (Lipinski definition) is 3. The average Bonchev–Trinajstić information content (AvgIpc) is 2.40. The van der Waals surface area contributed by atoms with Crippen molar-refractivity contribution in [2.24, 2.45) is 0 Å². The van der Waals surface area contributed by atoms with E-state index in [1.165, 1.54) is 26.1 Å². The van der Waals surface area contributed by atoms with Gasteiger partial charge < -0.3 is 10.2 Å². The van der Waals surface area contributed by atoms with Crippen molar-refractivity contribution in [3.8, 4) is 0 Å². The van der Waals surface area contributed by atoms with Crippen molar-refractivity contribution in [2.45, 2.75) is 11.3 Å². The van der Waals surface area contributed by atoms with Gasteiger partial charge in [0.05, 0.1) is 5.02 Å². The van der Waals surface area contributed by atoms with Crippen LogP contribution in [-0.2, 0) is 0 Å². The maximum Gasteiger partial charge on any atom is 0.0542 e. The number of halogens is 2. The molecule has 1 N–H and O–H groups in total. The summed E-state index contributed by atoms with van der Waals surface area (Å²) in [6.07, 6.45) is 1.19. The van der Waals surface area contributed by atoms with E-state index in [2.05, 4.69) is 10.2 Å². The molecule has 0 bridgehead atoms. The molecule has 18 heavy (non-hydrogen) atoms. The molecule has 0 unspecified atom stereocenters. The minimum atomic E-state index is 0.754. The van der Waals surface area contributed by atoms with Crippen molar-refractivity contribution >= 4 is 35.0 Å². The summed E-state index contributed by atoms with van der Waals surface area (Å²) < 4.78 is 0. The third kappa shape index (κ3) is 4.63. The molecule has 2 nitrogen and oxygen atoms in total. The monoisotopic (exact) mass is 304 g/mol. The van der Waals surface area contributed by atoms with Crippen molar-refractivity contribution in [1.82, 2.24) is 10.2 Å². The fourth-order valence-corrected chi connectivity index (χ4v) is 3.42. The summed E-state index contributed by atoms with van der Waals surface area (Å²) in [6, 6.07) is 5.64. The molecule has 1 aromatic carbocycles. The number of rotatable bonds is 5. The number of nitrogens with one attached hydrogen (secondary N) is 1. The third-order valence-corrected chi connectivity index (χ3v) is 4.80. The van der Waals surface area contributed by atoms with Gasteiger partial charge >= 0.3 is 0 Å². The largest absolute Gasteiger partial charge is 0.314 e. The molecule has 5 heteroatoms. The van der Waals surface area contributed by atoms with Crippen LogP contribution in [0.3, 0.4) is 0 Å². The van der Waals surface area contributed by atoms with Gasteiger partial charge in [0.25, 0.3) is 0 Å². The second-order valence-electron chi connectivity index (χ2n) is 4.37. The van der Waals surface area contributed by atoms with Crippen LogP contribution in [0, 0.1) is 0 Å². The molecule has 0 saturated carbocycles. The van der Waals surface area contributed by atoms with E-state index in [-0.39, 0.29) is 0 Å². The maximum absolute atomic E-state index is 6.13. The second kappa shape index (κ2) is 7.61. The van der Waals surface area contributed by atoms with E-state index >= 15 is 0 Å². The van der Waals surface area contributed by atoms with Gasteiger partial charge in [-0.3, -0.25) is 0 Å². The second-order valence-corrected chi connectivity index (χ2v) is 6.35. The molecule has 2 rings (SSSR count). The first-order chi connectivity index (χ1) is 8.75. The van der Waals surface area contributed by atoms with E-state index in [9.17, 15) is 0 Å². The average molecular weight is 305 g/mol. The van der Waals surface area contributed by atoms with E-state index in [1.807, 2.05) is 18.2 Å². The molecule has 1 heterocycles. The van der Waals surface area contributed by atoms with Crippen LogP contribution in [0.4, 0.5) is 0 Å². The van der Waals surface area contributed by atoms with Crippen LogP contribution in [0.5, 0.6) is 0 Å². The Morgan fingerprint density at radius 2 is 2.00 bits per heavy atom. The van der Waals surface area contributed by atoms with Crippen LogP contribution in [0.15, 0.2) is 23.1 Å². The molecule has 1 aliphatic heterocycles. The molecule has 100 valence electrons. The summed E-state index contributed by atoms with van der Waals surface area (Å²) in [5.41, 5.74) is 0. The predicted octanol–water partition coefficient (Wildman–Crippen LogP) is 3.38. The van der Waals surface area contributed by atoms with Crippen molar-refractivity contribution < 1.29 is 0 Å². The Morgan fingerprint density at radius 1 is 1.22 bits per heavy atom. The summed E-state index contributed by atoms with van der Waals surface area (Å²) in [5.74, 6) is 1.09.